The molecule has 0 radical (unpaired) electrons. The van der Waals surface area contributed by atoms with Crippen LogP contribution in [-0.2, 0) is 14.3 Å². The summed E-state index contributed by atoms with van der Waals surface area (Å²) in [5, 5.41) is 6.51. The first-order valence-electron chi connectivity index (χ1n) is 12.4. The zero-order chi connectivity index (χ0) is 24.9. The molecule has 0 saturated carbocycles. The number of hydrogen-bond donors (Lipinski definition) is 0. The minimum Gasteiger partial charge on any atom is -0.497 e. The fourth-order valence-corrected chi connectivity index (χ4v) is 4.95. The quantitative estimate of drug-likeness (QED) is 0.557. The van der Waals surface area contributed by atoms with Gasteiger partial charge in [-0.15, -0.1) is 0 Å². The first-order valence-corrected chi connectivity index (χ1v) is 12.4. The van der Waals surface area contributed by atoms with Crippen LogP contribution in [0.4, 0.5) is 0 Å². The smallest absolute Gasteiger partial charge is 0.310 e. The molecule has 2 aromatic carbocycles. The van der Waals surface area contributed by atoms with Crippen molar-refractivity contribution in [1.29, 1.82) is 0 Å². The standard InChI is InChI=1S/C28H35N3O4/c1-5-35-28(33)22-7-6-14-30(17-22)18-27(32)31-26(21-10-12-23(34-4)13-11-21)16-25(29-31)24-15-19(2)8-9-20(24)3/h8-13,15,22,26H,5-7,14,16-18H2,1-4H3. The van der Waals surface area contributed by atoms with E-state index >= 15 is 0 Å². The number of piperidine rings is 1. The Morgan fingerprint density at radius 2 is 1.89 bits per heavy atom. The molecule has 2 aromatic rings. The van der Waals surface area contributed by atoms with Gasteiger partial charge in [-0.2, -0.15) is 5.10 Å². The van der Waals surface area contributed by atoms with E-state index in [2.05, 4.69) is 36.9 Å². The third-order valence-corrected chi connectivity index (χ3v) is 6.85. The van der Waals surface area contributed by atoms with Crippen LogP contribution in [0.5, 0.6) is 5.75 Å². The van der Waals surface area contributed by atoms with Gasteiger partial charge in [0.1, 0.15) is 5.75 Å². The predicted octanol–water partition coefficient (Wildman–Crippen LogP) is 4.26. The van der Waals surface area contributed by atoms with Gasteiger partial charge in [-0.3, -0.25) is 14.5 Å². The van der Waals surface area contributed by atoms with E-state index in [0.29, 0.717) is 19.6 Å². The van der Waals surface area contributed by atoms with Crippen LogP contribution in [0, 0.1) is 19.8 Å². The number of carbonyl (C=O) groups excluding carboxylic acids is 2. The molecule has 0 aliphatic carbocycles. The molecule has 1 fully saturated rings. The second-order valence-electron chi connectivity index (χ2n) is 9.42. The van der Waals surface area contributed by atoms with Crippen molar-refractivity contribution in [3.8, 4) is 5.75 Å². The van der Waals surface area contributed by atoms with Gasteiger partial charge >= 0.3 is 5.97 Å². The molecule has 7 nitrogen and oxygen atoms in total. The first-order chi connectivity index (χ1) is 16.9. The van der Waals surface area contributed by atoms with Crippen LogP contribution in [0.3, 0.4) is 0 Å². The lowest BCUT2D eigenvalue weighted by atomic mass is 9.95. The van der Waals surface area contributed by atoms with Gasteiger partial charge in [-0.05, 0) is 69.5 Å². The van der Waals surface area contributed by atoms with Crippen LogP contribution in [-0.4, -0.2) is 60.8 Å². The van der Waals surface area contributed by atoms with E-state index in [1.165, 1.54) is 0 Å². The van der Waals surface area contributed by atoms with Gasteiger partial charge in [0.25, 0.3) is 5.91 Å². The second-order valence-corrected chi connectivity index (χ2v) is 9.42. The number of methoxy groups -OCH3 is 1. The molecule has 4 rings (SSSR count). The average Bonchev–Trinajstić information content (AvgIpc) is 3.31. The number of benzene rings is 2. The lowest BCUT2D eigenvalue weighted by molar-refractivity contribution is -0.150. The molecular weight excluding hydrogens is 442 g/mol. The Kier molecular flexibility index (Phi) is 7.86. The van der Waals surface area contributed by atoms with E-state index in [-0.39, 0.29) is 30.4 Å². The Morgan fingerprint density at radius 3 is 2.60 bits per heavy atom. The Morgan fingerprint density at radius 1 is 1.11 bits per heavy atom. The molecule has 186 valence electrons. The number of hydrogen-bond acceptors (Lipinski definition) is 6. The third kappa shape index (κ3) is 5.73. The predicted molar refractivity (Wildman–Crippen MR) is 135 cm³/mol. The van der Waals surface area contributed by atoms with Gasteiger partial charge in [-0.25, -0.2) is 5.01 Å². The average molecular weight is 478 g/mol. The third-order valence-electron chi connectivity index (χ3n) is 6.85. The van der Waals surface area contributed by atoms with Crippen LogP contribution in [0.2, 0.25) is 0 Å². The van der Waals surface area contributed by atoms with Crippen LogP contribution in [0.15, 0.2) is 47.6 Å². The Bertz CT molecular complexity index is 1100. The minimum atomic E-state index is -0.186. The highest BCUT2D eigenvalue weighted by Crippen LogP contribution is 2.34. The molecule has 0 bridgehead atoms. The van der Waals surface area contributed by atoms with Gasteiger partial charge in [0.2, 0.25) is 0 Å². The summed E-state index contributed by atoms with van der Waals surface area (Å²) in [5.41, 5.74) is 5.33. The summed E-state index contributed by atoms with van der Waals surface area (Å²) in [6.45, 7) is 7.90. The Hall–Kier alpha value is -3.19. The second kappa shape index (κ2) is 11.0. The largest absolute Gasteiger partial charge is 0.497 e. The lowest BCUT2D eigenvalue weighted by Crippen LogP contribution is -2.44. The van der Waals surface area contributed by atoms with Crippen LogP contribution >= 0.6 is 0 Å². The number of likely N-dealkylation sites (tertiary alicyclic amines) is 1. The normalized spacial score (nSPS) is 20.5. The van der Waals surface area contributed by atoms with E-state index in [9.17, 15) is 9.59 Å². The molecule has 2 aliphatic heterocycles. The van der Waals surface area contributed by atoms with Crippen molar-refractivity contribution in [2.45, 2.75) is 46.1 Å². The lowest BCUT2D eigenvalue weighted by Gasteiger charge is -2.32. The van der Waals surface area contributed by atoms with E-state index < -0.39 is 0 Å². The minimum absolute atomic E-state index is 0.0596. The van der Waals surface area contributed by atoms with E-state index in [0.717, 1.165) is 53.1 Å². The monoisotopic (exact) mass is 477 g/mol. The highest BCUT2D eigenvalue weighted by atomic mass is 16.5. The summed E-state index contributed by atoms with van der Waals surface area (Å²) >= 11 is 0. The van der Waals surface area contributed by atoms with Crippen molar-refractivity contribution < 1.29 is 19.1 Å². The van der Waals surface area contributed by atoms with Crippen molar-refractivity contribution >= 4 is 17.6 Å². The highest BCUT2D eigenvalue weighted by molar-refractivity contribution is 6.04. The number of esters is 1. The maximum Gasteiger partial charge on any atom is 0.310 e. The van der Waals surface area contributed by atoms with Gasteiger partial charge in [0.05, 0.1) is 37.9 Å². The number of nitrogens with zero attached hydrogens (tertiary/aromatic N) is 3. The number of ether oxygens (including phenoxy) is 2. The molecule has 1 amide bonds. The zero-order valence-electron chi connectivity index (χ0n) is 21.1. The summed E-state index contributed by atoms with van der Waals surface area (Å²) in [7, 11) is 1.64. The first kappa shape index (κ1) is 24.9. The van der Waals surface area contributed by atoms with E-state index in [1.807, 2.05) is 31.2 Å². The number of rotatable bonds is 7. The maximum absolute atomic E-state index is 13.6. The van der Waals surface area contributed by atoms with Crippen LogP contribution in [0.25, 0.3) is 0 Å². The molecule has 2 aliphatic rings. The number of carbonyl (C=O) groups is 2. The van der Waals surface area contributed by atoms with Gasteiger partial charge < -0.3 is 9.47 Å². The summed E-state index contributed by atoms with van der Waals surface area (Å²) < 4.78 is 10.5. The zero-order valence-corrected chi connectivity index (χ0v) is 21.1. The number of amides is 1. The Balaban J connectivity index is 1.57. The van der Waals surface area contributed by atoms with E-state index in [1.54, 1.807) is 12.1 Å². The summed E-state index contributed by atoms with van der Waals surface area (Å²) in [6, 6.07) is 14.0. The molecule has 35 heavy (non-hydrogen) atoms. The fourth-order valence-electron chi connectivity index (χ4n) is 4.95. The van der Waals surface area contributed by atoms with Crippen LogP contribution in [0.1, 0.15) is 54.5 Å². The molecule has 0 spiro atoms. The van der Waals surface area contributed by atoms with Crippen molar-refractivity contribution in [3.63, 3.8) is 0 Å². The van der Waals surface area contributed by atoms with Crippen molar-refractivity contribution in [2.75, 3.05) is 33.4 Å². The fraction of sp³-hybridized carbons (Fsp3) is 0.464. The Labute approximate surface area is 207 Å². The molecular formula is C28H35N3O4. The summed E-state index contributed by atoms with van der Waals surface area (Å²) in [4.78, 5) is 27.9. The molecule has 2 atom stereocenters. The van der Waals surface area contributed by atoms with Gasteiger partial charge in [0, 0.05) is 18.5 Å². The molecule has 0 N–H and O–H groups in total. The maximum atomic E-state index is 13.6. The SMILES string of the molecule is CCOC(=O)C1CCCN(CC(=O)N2N=C(c3cc(C)ccc3C)CC2c2ccc(OC)cc2)C1. The topological polar surface area (TPSA) is 71.4 Å². The van der Waals surface area contributed by atoms with Crippen LogP contribution < -0.4 is 4.74 Å². The molecule has 1 saturated heterocycles. The van der Waals surface area contributed by atoms with Gasteiger partial charge in [-0.1, -0.05) is 29.8 Å². The highest BCUT2D eigenvalue weighted by Gasteiger charge is 2.35. The number of aryl methyl sites for hydroxylation is 2. The van der Waals surface area contributed by atoms with Crippen molar-refractivity contribution in [3.05, 3.63) is 64.7 Å². The summed E-state index contributed by atoms with van der Waals surface area (Å²) in [5.74, 6) is 0.368. The molecule has 2 unspecified atom stereocenters. The van der Waals surface area contributed by atoms with E-state index in [4.69, 9.17) is 14.6 Å². The summed E-state index contributed by atoms with van der Waals surface area (Å²) in [6.07, 6.45) is 2.32. The number of hydrazone groups is 1. The molecule has 7 heteroatoms. The van der Waals surface area contributed by atoms with Crippen molar-refractivity contribution in [2.24, 2.45) is 11.0 Å². The molecule has 0 aromatic heterocycles. The molecule has 2 heterocycles. The van der Waals surface area contributed by atoms with Crippen molar-refractivity contribution in [1.82, 2.24) is 9.91 Å². The van der Waals surface area contributed by atoms with Gasteiger partial charge in [0.15, 0.2) is 0 Å².